The Kier molecular flexibility index (Phi) is 9.05. The number of nitrogens with two attached hydrogens (primary N) is 1. The first-order valence-electron chi connectivity index (χ1n) is 12.2. The van der Waals surface area contributed by atoms with Crippen LogP contribution < -0.4 is 21.2 Å². The fourth-order valence-electron chi connectivity index (χ4n) is 3.22. The number of likely N-dealkylation sites (tertiary alicyclic amines) is 1. The summed E-state index contributed by atoms with van der Waals surface area (Å²) in [7, 11) is -4.81. The van der Waals surface area contributed by atoms with Gasteiger partial charge in [-0.3, -0.25) is 14.5 Å². The molecule has 0 bridgehead atoms. The first-order chi connectivity index (χ1) is 19.7. The zero-order chi connectivity index (χ0) is 32.5. The highest BCUT2D eigenvalue weighted by Gasteiger charge is 2.46. The van der Waals surface area contributed by atoms with Crippen LogP contribution in [0.3, 0.4) is 0 Å². The molecule has 0 spiro atoms. The van der Waals surface area contributed by atoms with Gasteiger partial charge in [0, 0.05) is 5.38 Å². The number of rotatable bonds is 9. The molecule has 20 nitrogen and oxygen atoms in total. The van der Waals surface area contributed by atoms with E-state index >= 15 is 0 Å². The molecule has 236 valence electrons. The van der Waals surface area contributed by atoms with Crippen LogP contribution in [-0.4, -0.2) is 111 Å². The summed E-state index contributed by atoms with van der Waals surface area (Å²) in [5.74, 6) is -3.43. The number of nitrogen functional groups attached to an aromatic ring is 1. The van der Waals surface area contributed by atoms with Crippen molar-refractivity contribution in [1.82, 2.24) is 34.7 Å². The van der Waals surface area contributed by atoms with Gasteiger partial charge in [0.25, 0.3) is 11.8 Å². The minimum absolute atomic E-state index is 0.0528. The molecule has 3 heterocycles. The van der Waals surface area contributed by atoms with E-state index in [1.807, 2.05) is 0 Å². The van der Waals surface area contributed by atoms with E-state index in [1.165, 1.54) is 19.2 Å². The number of aromatic nitrogens is 1. The highest BCUT2D eigenvalue weighted by atomic mass is 32.2. The maximum absolute atomic E-state index is 12.9. The van der Waals surface area contributed by atoms with Crippen molar-refractivity contribution in [3.05, 3.63) is 11.1 Å². The maximum atomic E-state index is 12.9. The molecule has 2 aliphatic heterocycles. The van der Waals surface area contributed by atoms with E-state index < -0.39 is 82.2 Å². The van der Waals surface area contributed by atoms with Crippen molar-refractivity contribution in [3.8, 4) is 0 Å². The molecule has 1 atom stereocenters. The molecule has 0 saturated carbocycles. The van der Waals surface area contributed by atoms with Crippen molar-refractivity contribution < 1.29 is 51.9 Å². The average molecular weight is 648 g/mol. The Labute approximate surface area is 248 Å². The first kappa shape index (κ1) is 32.8. The van der Waals surface area contributed by atoms with E-state index in [2.05, 4.69) is 20.9 Å². The summed E-state index contributed by atoms with van der Waals surface area (Å²) in [4.78, 5) is 83.1. The molecule has 1 aromatic heterocycles. The number of urea groups is 2. The SMILES string of the molecule is CC(C)(C)OC(=O)NN1CCN(S(=O)(=O)NC(=O)N2CC(NC(=O)/C(=N/OC(C)(C)C(=O)O)c3csc(N)n3)C2=O)C1=O. The average Bonchev–Trinajstić information content (AvgIpc) is 3.45. The van der Waals surface area contributed by atoms with Gasteiger partial charge in [-0.15, -0.1) is 11.3 Å². The number of imide groups is 1. The third kappa shape index (κ3) is 7.77. The highest BCUT2D eigenvalue weighted by Crippen LogP contribution is 2.18. The number of anilines is 1. The number of thiazole rings is 1. The molecule has 7 amide bonds. The van der Waals surface area contributed by atoms with E-state index in [4.69, 9.17) is 15.3 Å². The Bertz CT molecular complexity index is 1480. The van der Waals surface area contributed by atoms with Crippen LogP contribution in [0.25, 0.3) is 0 Å². The fraction of sp³-hybridized carbons (Fsp3) is 0.524. The summed E-state index contributed by atoms with van der Waals surface area (Å²) < 4.78 is 32.2. The Hall–Kier alpha value is -4.73. The van der Waals surface area contributed by atoms with Crippen LogP contribution in [0.15, 0.2) is 10.5 Å². The summed E-state index contributed by atoms with van der Waals surface area (Å²) >= 11 is 0.945. The van der Waals surface area contributed by atoms with Crippen LogP contribution in [0.2, 0.25) is 0 Å². The van der Waals surface area contributed by atoms with Crippen molar-refractivity contribution >= 4 is 68.3 Å². The quantitative estimate of drug-likeness (QED) is 0.119. The number of aliphatic carboxylic acids is 1. The predicted octanol–water partition coefficient (Wildman–Crippen LogP) is -1.23. The van der Waals surface area contributed by atoms with Gasteiger partial charge >= 0.3 is 34.3 Å². The number of β-lactam (4-membered cyclic amide) rings is 1. The second-order valence-corrected chi connectivity index (χ2v) is 12.9. The number of ether oxygens (including phenoxy) is 1. The third-order valence-electron chi connectivity index (χ3n) is 5.44. The number of carbonyl (C=O) groups excluding carboxylic acids is 5. The molecule has 2 aliphatic rings. The molecule has 0 aliphatic carbocycles. The molecule has 2 saturated heterocycles. The molecule has 43 heavy (non-hydrogen) atoms. The fourth-order valence-corrected chi connectivity index (χ4v) is 4.83. The predicted molar refractivity (Wildman–Crippen MR) is 145 cm³/mol. The third-order valence-corrected chi connectivity index (χ3v) is 7.47. The van der Waals surface area contributed by atoms with E-state index in [0.717, 1.165) is 11.3 Å². The van der Waals surface area contributed by atoms with E-state index in [0.29, 0.717) is 9.91 Å². The number of nitrogens with one attached hydrogen (secondary N) is 3. The largest absolute Gasteiger partial charge is 0.478 e. The van der Waals surface area contributed by atoms with Crippen molar-refractivity contribution in [2.45, 2.75) is 51.9 Å². The van der Waals surface area contributed by atoms with Crippen LogP contribution in [0, 0.1) is 0 Å². The van der Waals surface area contributed by atoms with Crippen molar-refractivity contribution in [2.24, 2.45) is 5.16 Å². The second kappa shape index (κ2) is 11.9. The maximum Gasteiger partial charge on any atom is 0.426 e. The number of hydrogen-bond donors (Lipinski definition) is 5. The number of oxime groups is 1. The molecular weight excluding hydrogens is 618 g/mol. The monoisotopic (exact) mass is 647 g/mol. The van der Waals surface area contributed by atoms with Crippen LogP contribution in [-0.2, 0) is 34.2 Å². The number of amides is 7. The Morgan fingerprint density at radius 2 is 1.81 bits per heavy atom. The number of carboxylic acid groups (broad SMARTS) is 1. The van der Waals surface area contributed by atoms with E-state index in [9.17, 15) is 42.3 Å². The lowest BCUT2D eigenvalue weighted by atomic mass is 10.1. The number of carbonyl (C=O) groups is 6. The van der Waals surface area contributed by atoms with Gasteiger partial charge in [0.05, 0.1) is 19.6 Å². The first-order valence-corrected chi connectivity index (χ1v) is 14.5. The summed E-state index contributed by atoms with van der Waals surface area (Å²) in [5, 5.41) is 17.1. The van der Waals surface area contributed by atoms with Crippen molar-refractivity contribution in [3.63, 3.8) is 0 Å². The van der Waals surface area contributed by atoms with Gasteiger partial charge in [0.2, 0.25) is 5.60 Å². The molecule has 0 aromatic carbocycles. The molecule has 0 radical (unpaired) electrons. The minimum atomic E-state index is -4.81. The van der Waals surface area contributed by atoms with Gasteiger partial charge in [-0.1, -0.05) is 5.16 Å². The van der Waals surface area contributed by atoms with Gasteiger partial charge in [-0.2, -0.15) is 8.42 Å². The Morgan fingerprint density at radius 3 is 2.35 bits per heavy atom. The topological polar surface area (TPSA) is 272 Å². The van der Waals surface area contributed by atoms with Crippen LogP contribution >= 0.6 is 11.3 Å². The van der Waals surface area contributed by atoms with Crippen LogP contribution in [0.4, 0.5) is 19.5 Å². The lowest BCUT2D eigenvalue weighted by molar-refractivity contribution is -0.161. The molecule has 2 fully saturated rings. The van der Waals surface area contributed by atoms with E-state index in [-0.39, 0.29) is 21.7 Å². The summed E-state index contributed by atoms with van der Waals surface area (Å²) in [6.07, 6.45) is -1.01. The van der Waals surface area contributed by atoms with Crippen LogP contribution in [0.1, 0.15) is 40.3 Å². The number of carboxylic acids is 1. The standard InChI is InChI=1S/C21H29N9O11S2/c1-20(2,3)40-18(36)25-29-6-7-30(19(29)37)43(38,39)27-17(35)28-8-10(14(28)32)23-13(31)12(11-9-42-16(22)24-11)26-41-21(4,5)15(33)34/h9-10H,6-8H2,1-5H3,(H2,22,24)(H,23,31)(H,25,36)(H,27,35)(H,33,34)/b26-12+. The highest BCUT2D eigenvalue weighted by molar-refractivity contribution is 7.88. The Balaban J connectivity index is 1.61. The zero-order valence-corrected chi connectivity index (χ0v) is 25.1. The Morgan fingerprint density at radius 1 is 1.16 bits per heavy atom. The van der Waals surface area contributed by atoms with Gasteiger partial charge in [-0.25, -0.2) is 43.6 Å². The van der Waals surface area contributed by atoms with Gasteiger partial charge < -0.3 is 25.7 Å². The smallest absolute Gasteiger partial charge is 0.426 e. The zero-order valence-electron chi connectivity index (χ0n) is 23.4. The van der Waals surface area contributed by atoms with Crippen LogP contribution in [0.5, 0.6) is 0 Å². The minimum Gasteiger partial charge on any atom is -0.478 e. The molecule has 1 unspecified atom stereocenters. The second-order valence-electron chi connectivity index (χ2n) is 10.4. The summed E-state index contributed by atoms with van der Waals surface area (Å²) in [6.45, 7) is 5.93. The number of hydrogen-bond acceptors (Lipinski definition) is 14. The molecule has 3 rings (SSSR count). The normalized spacial score (nSPS) is 17.7. The van der Waals surface area contributed by atoms with Gasteiger partial charge in [-0.05, 0) is 34.6 Å². The molecular formula is C21H29N9O11S2. The summed E-state index contributed by atoms with van der Waals surface area (Å²) in [6, 6.07) is -3.90. The molecule has 6 N–H and O–H groups in total. The van der Waals surface area contributed by atoms with Crippen molar-refractivity contribution in [1.29, 1.82) is 0 Å². The molecule has 22 heteroatoms. The lowest BCUT2D eigenvalue weighted by Gasteiger charge is -2.36. The van der Waals surface area contributed by atoms with Crippen molar-refractivity contribution in [2.75, 3.05) is 25.4 Å². The number of hydrazine groups is 1. The molecule has 1 aromatic rings. The van der Waals surface area contributed by atoms with E-state index in [1.54, 1.807) is 25.5 Å². The van der Waals surface area contributed by atoms with Gasteiger partial charge in [0.15, 0.2) is 10.8 Å². The number of nitrogens with zero attached hydrogens (tertiary/aromatic N) is 5. The summed E-state index contributed by atoms with van der Waals surface area (Å²) in [5.41, 5.74) is 4.38. The van der Waals surface area contributed by atoms with Gasteiger partial charge in [0.1, 0.15) is 17.3 Å². The lowest BCUT2D eigenvalue weighted by Crippen LogP contribution is -2.68.